The van der Waals surface area contributed by atoms with Gasteiger partial charge in [0.25, 0.3) is 0 Å². The van der Waals surface area contributed by atoms with Gasteiger partial charge in [0.15, 0.2) is 15.0 Å². The average molecular weight is 483 g/mol. The SMILES string of the molecule is CCc1nc(SC(C)C(=O)N(CC)C2CCS(=O)(=O)C2)nc(N)c1-c1ccc(Cl)cc1. The number of halogens is 1. The van der Waals surface area contributed by atoms with Crippen LogP contribution >= 0.6 is 23.4 Å². The summed E-state index contributed by atoms with van der Waals surface area (Å²) in [4.78, 5) is 23.8. The number of nitrogens with zero attached hydrogens (tertiary/aromatic N) is 3. The van der Waals surface area contributed by atoms with Crippen molar-refractivity contribution in [1.29, 1.82) is 0 Å². The molecule has 0 saturated carbocycles. The molecule has 7 nitrogen and oxygen atoms in total. The minimum atomic E-state index is -3.07. The number of aromatic nitrogens is 2. The van der Waals surface area contributed by atoms with Crippen molar-refractivity contribution >= 4 is 44.9 Å². The predicted octanol–water partition coefficient (Wildman–Crippen LogP) is 3.46. The minimum absolute atomic E-state index is 0.0309. The molecule has 168 valence electrons. The first-order valence-electron chi connectivity index (χ1n) is 10.2. The lowest BCUT2D eigenvalue weighted by molar-refractivity contribution is -0.131. The average Bonchev–Trinajstić information content (AvgIpc) is 3.08. The molecular formula is C21H27ClN4O3S2. The van der Waals surface area contributed by atoms with Crippen LogP contribution in [0.15, 0.2) is 29.4 Å². The lowest BCUT2D eigenvalue weighted by atomic mass is 10.0. The molecule has 2 atom stereocenters. The Morgan fingerprint density at radius 2 is 1.97 bits per heavy atom. The highest BCUT2D eigenvalue weighted by molar-refractivity contribution is 8.00. The van der Waals surface area contributed by atoms with Crippen LogP contribution in [0, 0.1) is 0 Å². The number of hydrogen-bond donors (Lipinski definition) is 1. The van der Waals surface area contributed by atoms with Crippen molar-refractivity contribution in [2.45, 2.75) is 50.1 Å². The van der Waals surface area contributed by atoms with Crippen molar-refractivity contribution < 1.29 is 13.2 Å². The lowest BCUT2D eigenvalue weighted by Gasteiger charge is -2.29. The maximum atomic E-state index is 13.0. The molecule has 0 spiro atoms. The van der Waals surface area contributed by atoms with Gasteiger partial charge in [-0.25, -0.2) is 18.4 Å². The molecule has 3 rings (SSSR count). The van der Waals surface area contributed by atoms with E-state index >= 15 is 0 Å². The molecule has 31 heavy (non-hydrogen) atoms. The minimum Gasteiger partial charge on any atom is -0.383 e. The van der Waals surface area contributed by atoms with E-state index in [1.54, 1.807) is 24.0 Å². The summed E-state index contributed by atoms with van der Waals surface area (Å²) in [5.74, 6) is 0.403. The number of aryl methyl sites for hydroxylation is 1. The summed E-state index contributed by atoms with van der Waals surface area (Å²) >= 11 is 7.23. The topological polar surface area (TPSA) is 106 Å². The maximum Gasteiger partial charge on any atom is 0.236 e. The van der Waals surface area contributed by atoms with Crippen molar-refractivity contribution in [3.8, 4) is 11.1 Å². The summed E-state index contributed by atoms with van der Waals surface area (Å²) in [6.45, 7) is 6.11. The molecule has 2 N–H and O–H groups in total. The zero-order valence-corrected chi connectivity index (χ0v) is 20.2. The van der Waals surface area contributed by atoms with E-state index in [4.69, 9.17) is 17.3 Å². The van der Waals surface area contributed by atoms with Crippen molar-refractivity contribution in [1.82, 2.24) is 14.9 Å². The Balaban J connectivity index is 1.80. The van der Waals surface area contributed by atoms with Gasteiger partial charge in [-0.05, 0) is 44.4 Å². The van der Waals surface area contributed by atoms with Crippen LogP contribution in [0.25, 0.3) is 11.1 Å². The standard InChI is InChI=1S/C21H27ClN4O3S2/c1-4-17-18(14-6-8-15(22)9-7-14)19(23)25-21(24-17)30-13(3)20(27)26(5-2)16-10-11-31(28,29)12-16/h6-9,13,16H,4-5,10-12H2,1-3H3,(H2,23,24,25). The molecule has 1 aliphatic heterocycles. The zero-order valence-electron chi connectivity index (χ0n) is 17.8. The van der Waals surface area contributed by atoms with E-state index in [-0.39, 0.29) is 23.5 Å². The van der Waals surface area contributed by atoms with Gasteiger partial charge in [-0.1, -0.05) is 42.4 Å². The summed E-state index contributed by atoms with van der Waals surface area (Å²) in [7, 11) is -3.07. The summed E-state index contributed by atoms with van der Waals surface area (Å²) in [6.07, 6.45) is 1.14. The highest BCUT2D eigenvalue weighted by Gasteiger charge is 2.35. The van der Waals surface area contributed by atoms with Crippen LogP contribution < -0.4 is 5.73 Å². The molecule has 1 aromatic heterocycles. The fraction of sp³-hybridized carbons (Fsp3) is 0.476. The third-order valence-electron chi connectivity index (χ3n) is 5.36. The third kappa shape index (κ3) is 5.51. The van der Waals surface area contributed by atoms with E-state index in [0.717, 1.165) is 16.8 Å². The molecule has 1 aromatic carbocycles. The number of rotatable bonds is 7. The molecular weight excluding hydrogens is 456 g/mol. The number of carbonyl (C=O) groups excluding carboxylic acids is 1. The second kappa shape index (κ2) is 9.75. The Kier molecular flexibility index (Phi) is 7.49. The highest BCUT2D eigenvalue weighted by atomic mass is 35.5. The number of hydrogen-bond acceptors (Lipinski definition) is 7. The Bertz CT molecular complexity index is 1060. The Morgan fingerprint density at radius 3 is 2.52 bits per heavy atom. The van der Waals surface area contributed by atoms with Crippen molar-refractivity contribution in [3.05, 3.63) is 35.0 Å². The van der Waals surface area contributed by atoms with E-state index in [0.29, 0.717) is 35.4 Å². The molecule has 2 aromatic rings. The molecule has 1 aliphatic rings. The van der Waals surface area contributed by atoms with E-state index in [9.17, 15) is 13.2 Å². The van der Waals surface area contributed by atoms with E-state index in [2.05, 4.69) is 9.97 Å². The van der Waals surface area contributed by atoms with E-state index in [1.807, 2.05) is 26.0 Å². The van der Waals surface area contributed by atoms with Gasteiger partial charge >= 0.3 is 0 Å². The van der Waals surface area contributed by atoms with Crippen LogP contribution in [0.3, 0.4) is 0 Å². The van der Waals surface area contributed by atoms with Gasteiger partial charge in [-0.3, -0.25) is 4.79 Å². The molecule has 1 amide bonds. The first-order chi connectivity index (χ1) is 14.6. The van der Waals surface area contributed by atoms with Crippen LogP contribution in [-0.4, -0.2) is 58.5 Å². The summed E-state index contributed by atoms with van der Waals surface area (Å²) in [5.41, 5.74) is 8.73. The van der Waals surface area contributed by atoms with Crippen LogP contribution in [0.1, 0.15) is 32.9 Å². The number of amides is 1. The normalized spacial score (nSPS) is 18.6. The monoisotopic (exact) mass is 482 g/mol. The molecule has 2 heterocycles. The third-order valence-corrected chi connectivity index (χ3v) is 8.31. The number of carbonyl (C=O) groups is 1. The van der Waals surface area contributed by atoms with Crippen LogP contribution in [0.2, 0.25) is 5.02 Å². The fourth-order valence-corrected chi connectivity index (χ4v) is 6.52. The Labute approximate surface area is 192 Å². The first-order valence-corrected chi connectivity index (χ1v) is 13.3. The smallest absolute Gasteiger partial charge is 0.236 e. The molecule has 10 heteroatoms. The largest absolute Gasteiger partial charge is 0.383 e. The van der Waals surface area contributed by atoms with E-state index in [1.165, 1.54) is 11.8 Å². The first kappa shape index (κ1) is 23.8. The Morgan fingerprint density at radius 1 is 1.29 bits per heavy atom. The van der Waals surface area contributed by atoms with Crippen LogP contribution in [0.4, 0.5) is 5.82 Å². The molecule has 0 aliphatic carbocycles. The highest BCUT2D eigenvalue weighted by Crippen LogP contribution is 2.32. The van der Waals surface area contributed by atoms with Gasteiger partial charge in [0, 0.05) is 23.2 Å². The van der Waals surface area contributed by atoms with Gasteiger partial charge in [-0.15, -0.1) is 0 Å². The number of thioether (sulfide) groups is 1. The number of nitrogens with two attached hydrogens (primary N) is 1. The molecule has 1 saturated heterocycles. The van der Waals surface area contributed by atoms with Gasteiger partial charge in [0.1, 0.15) is 5.82 Å². The number of nitrogen functional groups attached to an aromatic ring is 1. The quantitative estimate of drug-likeness (QED) is 0.475. The summed E-state index contributed by atoms with van der Waals surface area (Å²) < 4.78 is 23.7. The van der Waals surface area contributed by atoms with Crippen molar-refractivity contribution in [2.75, 3.05) is 23.8 Å². The lowest BCUT2D eigenvalue weighted by Crippen LogP contribution is -2.44. The van der Waals surface area contributed by atoms with Gasteiger partial charge < -0.3 is 10.6 Å². The number of anilines is 1. The zero-order chi connectivity index (χ0) is 22.8. The maximum absolute atomic E-state index is 13.0. The van der Waals surface area contributed by atoms with Crippen LogP contribution in [0.5, 0.6) is 0 Å². The summed E-state index contributed by atoms with van der Waals surface area (Å²) in [6, 6.07) is 7.08. The van der Waals surface area contributed by atoms with Crippen molar-refractivity contribution in [3.63, 3.8) is 0 Å². The predicted molar refractivity (Wildman–Crippen MR) is 126 cm³/mol. The molecule has 0 radical (unpaired) electrons. The second-order valence-electron chi connectivity index (χ2n) is 7.51. The number of benzene rings is 1. The molecule has 0 bridgehead atoms. The summed E-state index contributed by atoms with van der Waals surface area (Å²) in [5, 5.41) is 0.605. The number of sulfone groups is 1. The Hall–Kier alpha value is -1.84. The van der Waals surface area contributed by atoms with E-state index < -0.39 is 15.1 Å². The van der Waals surface area contributed by atoms with Crippen molar-refractivity contribution in [2.24, 2.45) is 0 Å². The fourth-order valence-electron chi connectivity index (χ4n) is 3.80. The molecule has 1 fully saturated rings. The van der Waals surface area contributed by atoms with Gasteiger partial charge in [0.2, 0.25) is 5.91 Å². The van der Waals surface area contributed by atoms with Crippen LogP contribution in [-0.2, 0) is 21.1 Å². The molecule has 2 unspecified atom stereocenters. The second-order valence-corrected chi connectivity index (χ2v) is 11.5. The van der Waals surface area contributed by atoms with Gasteiger partial charge in [0.05, 0.1) is 22.4 Å². The van der Waals surface area contributed by atoms with Gasteiger partial charge in [-0.2, -0.15) is 0 Å².